The second-order valence-corrected chi connectivity index (χ2v) is 4.73. The number of aliphatic imine (C=N–C) groups is 1. The van der Waals surface area contributed by atoms with Crippen molar-refractivity contribution in [2.24, 2.45) is 22.4 Å². The molecular weight excluding hydrogens is 236 g/mol. The van der Waals surface area contributed by atoms with Gasteiger partial charge in [-0.2, -0.15) is 0 Å². The van der Waals surface area contributed by atoms with Gasteiger partial charge in [0.15, 0.2) is 5.96 Å². The molecule has 0 aromatic heterocycles. The lowest BCUT2D eigenvalue weighted by molar-refractivity contribution is -0.120. The molecule has 104 valence electrons. The summed E-state index contributed by atoms with van der Waals surface area (Å²) in [6.07, 6.45) is 0.947. The summed E-state index contributed by atoms with van der Waals surface area (Å²) in [7, 11) is 0. The van der Waals surface area contributed by atoms with E-state index in [1.165, 1.54) is 6.92 Å². The monoisotopic (exact) mass is 258 g/mol. The highest BCUT2D eigenvalue weighted by molar-refractivity contribution is 5.76. The van der Waals surface area contributed by atoms with Crippen LogP contribution >= 0.6 is 0 Å². The number of nitrogens with zero attached hydrogens (tertiary/aromatic N) is 1. The summed E-state index contributed by atoms with van der Waals surface area (Å²) in [5, 5.41) is 21.5. The number of hydrogen-bond acceptors (Lipinski definition) is 4. The van der Waals surface area contributed by atoms with E-state index in [1.807, 2.05) is 0 Å². The normalized spacial score (nSPS) is 28.7. The van der Waals surface area contributed by atoms with E-state index >= 15 is 0 Å². The Kier molecular flexibility index (Phi) is 5.36. The molecular formula is C11H22N4O3. The maximum Gasteiger partial charge on any atom is 0.217 e. The van der Waals surface area contributed by atoms with Gasteiger partial charge in [0.05, 0.1) is 12.1 Å². The zero-order valence-corrected chi connectivity index (χ0v) is 10.5. The molecule has 7 heteroatoms. The summed E-state index contributed by atoms with van der Waals surface area (Å²) in [5.74, 6) is -0.249. The molecule has 1 saturated carbocycles. The summed E-state index contributed by atoms with van der Waals surface area (Å²) in [5.41, 5.74) is 10.7. The smallest absolute Gasteiger partial charge is 0.217 e. The number of guanidine groups is 1. The lowest BCUT2D eigenvalue weighted by Crippen LogP contribution is -2.43. The fourth-order valence-corrected chi connectivity index (χ4v) is 2.59. The maximum absolute atomic E-state index is 11.2. The third-order valence-electron chi connectivity index (χ3n) is 3.21. The largest absolute Gasteiger partial charge is 0.396 e. The van der Waals surface area contributed by atoms with Crippen LogP contribution in [0, 0.1) is 5.92 Å². The summed E-state index contributed by atoms with van der Waals surface area (Å²) in [6, 6.07) is -0.439. The van der Waals surface area contributed by atoms with E-state index < -0.39 is 6.10 Å². The number of amides is 1. The van der Waals surface area contributed by atoms with Crippen molar-refractivity contribution >= 4 is 11.9 Å². The SMILES string of the molecule is CC(=O)NC(CCO)[C@@H]1C[C@@H](O)C[C@@H]1N=C(N)N. The van der Waals surface area contributed by atoms with Crippen LogP contribution < -0.4 is 16.8 Å². The number of nitrogens with one attached hydrogen (secondary N) is 1. The van der Waals surface area contributed by atoms with E-state index in [9.17, 15) is 9.90 Å². The molecule has 7 nitrogen and oxygen atoms in total. The highest BCUT2D eigenvalue weighted by Crippen LogP contribution is 2.32. The van der Waals surface area contributed by atoms with Crippen molar-refractivity contribution < 1.29 is 15.0 Å². The first-order valence-corrected chi connectivity index (χ1v) is 6.08. The standard InChI is InChI=1S/C11H22N4O3/c1-6(17)14-9(2-3-16)8-4-7(18)5-10(8)15-11(12)13/h7-10,16,18H,2-5H2,1H3,(H,14,17)(H4,12,13,15)/t7-,8+,9?,10+/m1/s1. The van der Waals surface area contributed by atoms with Crippen molar-refractivity contribution in [2.75, 3.05) is 6.61 Å². The summed E-state index contributed by atoms with van der Waals surface area (Å²) < 4.78 is 0. The van der Waals surface area contributed by atoms with Gasteiger partial charge in [-0.3, -0.25) is 4.79 Å². The molecule has 0 radical (unpaired) electrons. The molecule has 18 heavy (non-hydrogen) atoms. The molecule has 0 aromatic rings. The zero-order chi connectivity index (χ0) is 13.7. The summed E-state index contributed by atoms with van der Waals surface area (Å²) >= 11 is 0. The van der Waals surface area contributed by atoms with Gasteiger partial charge in [-0.25, -0.2) is 4.99 Å². The van der Waals surface area contributed by atoms with Gasteiger partial charge in [0, 0.05) is 25.5 Å². The molecule has 1 amide bonds. The Morgan fingerprint density at radius 2 is 2.17 bits per heavy atom. The number of nitrogens with two attached hydrogens (primary N) is 2. The molecule has 0 aromatic carbocycles. The fourth-order valence-electron chi connectivity index (χ4n) is 2.59. The number of hydrogen-bond donors (Lipinski definition) is 5. The Labute approximate surface area is 106 Å². The van der Waals surface area contributed by atoms with Crippen molar-refractivity contribution in [3.8, 4) is 0 Å². The van der Waals surface area contributed by atoms with Gasteiger partial charge in [0.2, 0.25) is 5.91 Å². The Hall–Kier alpha value is -1.34. The van der Waals surface area contributed by atoms with Crippen LogP contribution in [0.15, 0.2) is 4.99 Å². The van der Waals surface area contributed by atoms with Crippen LogP contribution in [-0.4, -0.2) is 46.9 Å². The van der Waals surface area contributed by atoms with Crippen LogP contribution in [0.3, 0.4) is 0 Å². The number of aliphatic hydroxyl groups is 2. The van der Waals surface area contributed by atoms with Gasteiger partial charge in [-0.05, 0) is 19.3 Å². The summed E-state index contributed by atoms with van der Waals surface area (Å²) in [4.78, 5) is 15.3. The Balaban J connectivity index is 2.79. The highest BCUT2D eigenvalue weighted by Gasteiger charge is 2.38. The fraction of sp³-hybridized carbons (Fsp3) is 0.818. The van der Waals surface area contributed by atoms with Crippen LogP contribution in [0.2, 0.25) is 0 Å². The van der Waals surface area contributed by atoms with Crippen molar-refractivity contribution in [3.05, 3.63) is 0 Å². The Morgan fingerprint density at radius 3 is 2.67 bits per heavy atom. The van der Waals surface area contributed by atoms with Gasteiger partial charge < -0.3 is 27.0 Å². The van der Waals surface area contributed by atoms with Crippen LogP contribution in [0.1, 0.15) is 26.2 Å². The molecule has 0 aliphatic heterocycles. The van der Waals surface area contributed by atoms with Gasteiger partial charge in [-0.1, -0.05) is 0 Å². The van der Waals surface area contributed by atoms with Crippen LogP contribution in [0.5, 0.6) is 0 Å². The van der Waals surface area contributed by atoms with Crippen molar-refractivity contribution in [2.45, 2.75) is 44.4 Å². The first-order chi connectivity index (χ1) is 8.43. The molecule has 1 aliphatic rings. The lowest BCUT2D eigenvalue weighted by Gasteiger charge is -2.26. The third kappa shape index (κ3) is 4.15. The van der Waals surface area contributed by atoms with E-state index in [2.05, 4.69) is 10.3 Å². The van der Waals surface area contributed by atoms with Gasteiger partial charge in [0.1, 0.15) is 0 Å². The number of carbonyl (C=O) groups is 1. The number of carbonyl (C=O) groups excluding carboxylic acids is 1. The van der Waals surface area contributed by atoms with Crippen molar-refractivity contribution in [1.82, 2.24) is 5.32 Å². The van der Waals surface area contributed by atoms with Crippen LogP contribution in [-0.2, 0) is 4.79 Å². The molecule has 0 spiro atoms. The molecule has 0 heterocycles. The van der Waals surface area contributed by atoms with Crippen molar-refractivity contribution in [3.63, 3.8) is 0 Å². The van der Waals surface area contributed by atoms with E-state index in [4.69, 9.17) is 16.6 Å². The molecule has 4 atom stereocenters. The molecule has 7 N–H and O–H groups in total. The molecule has 1 rings (SSSR count). The first kappa shape index (κ1) is 14.7. The Morgan fingerprint density at radius 1 is 1.50 bits per heavy atom. The van der Waals surface area contributed by atoms with Gasteiger partial charge in [-0.15, -0.1) is 0 Å². The topological polar surface area (TPSA) is 134 Å². The summed E-state index contributed by atoms with van der Waals surface area (Å²) in [6.45, 7) is 1.39. The van der Waals surface area contributed by atoms with E-state index in [0.717, 1.165) is 0 Å². The quantitative estimate of drug-likeness (QED) is 0.295. The highest BCUT2D eigenvalue weighted by atomic mass is 16.3. The van der Waals surface area contributed by atoms with Crippen molar-refractivity contribution in [1.29, 1.82) is 0 Å². The van der Waals surface area contributed by atoms with Crippen LogP contribution in [0.4, 0.5) is 0 Å². The molecule has 1 unspecified atom stereocenters. The van der Waals surface area contributed by atoms with E-state index in [1.54, 1.807) is 0 Å². The molecule has 1 fully saturated rings. The van der Waals surface area contributed by atoms with Gasteiger partial charge in [0.25, 0.3) is 0 Å². The minimum absolute atomic E-state index is 0.0235. The molecule has 0 saturated heterocycles. The third-order valence-corrected chi connectivity index (χ3v) is 3.21. The van der Waals surface area contributed by atoms with E-state index in [-0.39, 0.29) is 36.5 Å². The first-order valence-electron chi connectivity index (χ1n) is 6.08. The minimum atomic E-state index is -0.474. The second-order valence-electron chi connectivity index (χ2n) is 4.73. The second kappa shape index (κ2) is 6.55. The van der Waals surface area contributed by atoms with Crippen LogP contribution in [0.25, 0.3) is 0 Å². The van der Waals surface area contributed by atoms with Gasteiger partial charge >= 0.3 is 0 Å². The minimum Gasteiger partial charge on any atom is -0.396 e. The average molecular weight is 258 g/mol. The maximum atomic E-state index is 11.2. The average Bonchev–Trinajstić information content (AvgIpc) is 2.57. The lowest BCUT2D eigenvalue weighted by atomic mass is 9.92. The number of rotatable bonds is 5. The molecule has 1 aliphatic carbocycles. The zero-order valence-electron chi connectivity index (χ0n) is 10.5. The van der Waals surface area contributed by atoms with E-state index in [0.29, 0.717) is 19.3 Å². The molecule has 0 bridgehead atoms. The predicted octanol–water partition coefficient (Wildman–Crippen LogP) is -1.71. The Bertz CT molecular complexity index is 317. The predicted molar refractivity (Wildman–Crippen MR) is 67.6 cm³/mol. The number of aliphatic hydroxyl groups excluding tert-OH is 2.